The summed E-state index contributed by atoms with van der Waals surface area (Å²) in [6.45, 7) is 4.00. The number of aromatic carboxylic acids is 1. The summed E-state index contributed by atoms with van der Waals surface area (Å²) in [6.07, 6.45) is 2.73. The molecule has 0 atom stereocenters. The molecular formula is C18H14Cl2N2O4. The summed E-state index contributed by atoms with van der Waals surface area (Å²) in [7, 11) is 0. The van der Waals surface area contributed by atoms with Crippen molar-refractivity contribution in [1.82, 2.24) is 9.55 Å². The van der Waals surface area contributed by atoms with Gasteiger partial charge in [0, 0.05) is 17.8 Å². The maximum atomic E-state index is 13.0. The molecule has 0 saturated heterocycles. The third-order valence-electron chi connectivity index (χ3n) is 4.10. The van der Waals surface area contributed by atoms with E-state index in [1.165, 1.54) is 12.5 Å². The van der Waals surface area contributed by atoms with E-state index in [-0.39, 0.29) is 27.7 Å². The molecule has 3 rings (SSSR count). The number of carboxylic acid groups (broad SMARTS) is 1. The minimum absolute atomic E-state index is 0.0814. The van der Waals surface area contributed by atoms with Crippen LogP contribution in [-0.2, 0) is 6.54 Å². The second kappa shape index (κ2) is 6.97. The first-order chi connectivity index (χ1) is 12.4. The van der Waals surface area contributed by atoms with Crippen LogP contribution in [0, 0.1) is 6.92 Å². The number of halogens is 2. The minimum atomic E-state index is -1.34. The molecule has 8 heteroatoms. The van der Waals surface area contributed by atoms with E-state index < -0.39 is 11.4 Å². The molecule has 1 N–H and O–H groups in total. The van der Waals surface area contributed by atoms with Crippen LogP contribution >= 0.6 is 23.2 Å². The zero-order valence-corrected chi connectivity index (χ0v) is 15.4. The number of hydrogen-bond donors (Lipinski definition) is 1. The van der Waals surface area contributed by atoms with Crippen molar-refractivity contribution in [3.63, 3.8) is 0 Å². The number of nitrogens with zero attached hydrogens (tertiary/aromatic N) is 2. The van der Waals surface area contributed by atoms with E-state index in [1.54, 1.807) is 29.7 Å². The molecule has 0 spiro atoms. The Kier molecular flexibility index (Phi) is 4.89. The van der Waals surface area contributed by atoms with Crippen LogP contribution in [0.25, 0.3) is 22.7 Å². The van der Waals surface area contributed by atoms with Gasteiger partial charge >= 0.3 is 5.97 Å². The summed E-state index contributed by atoms with van der Waals surface area (Å²) in [5.41, 5.74) is 0.380. The van der Waals surface area contributed by atoms with Crippen LogP contribution in [0.2, 0.25) is 10.0 Å². The van der Waals surface area contributed by atoms with Crippen molar-refractivity contribution in [3.05, 3.63) is 62.2 Å². The lowest BCUT2D eigenvalue weighted by molar-refractivity contribution is 0.0695. The van der Waals surface area contributed by atoms with E-state index in [1.807, 2.05) is 6.92 Å². The Balaban J connectivity index is 2.46. The topological polar surface area (TPSA) is 85.3 Å². The predicted molar refractivity (Wildman–Crippen MR) is 99.0 cm³/mol. The van der Waals surface area contributed by atoms with Crippen molar-refractivity contribution in [3.8, 4) is 22.7 Å². The zero-order chi connectivity index (χ0) is 19.0. The van der Waals surface area contributed by atoms with Gasteiger partial charge in [-0.1, -0.05) is 29.3 Å². The largest absolute Gasteiger partial charge is 0.477 e. The van der Waals surface area contributed by atoms with E-state index >= 15 is 0 Å². The number of carboxylic acids is 1. The summed E-state index contributed by atoms with van der Waals surface area (Å²) < 4.78 is 6.97. The lowest BCUT2D eigenvalue weighted by Gasteiger charge is -2.20. The van der Waals surface area contributed by atoms with Gasteiger partial charge < -0.3 is 14.1 Å². The van der Waals surface area contributed by atoms with Gasteiger partial charge in [0.15, 0.2) is 0 Å². The van der Waals surface area contributed by atoms with E-state index in [4.69, 9.17) is 27.6 Å². The molecule has 0 fully saturated rings. The van der Waals surface area contributed by atoms with Gasteiger partial charge in [0.25, 0.3) is 0 Å². The Labute approximate surface area is 158 Å². The molecule has 6 nitrogen and oxygen atoms in total. The molecule has 0 aliphatic carbocycles. The van der Waals surface area contributed by atoms with Gasteiger partial charge in [-0.25, -0.2) is 9.78 Å². The third kappa shape index (κ3) is 2.91. The Morgan fingerprint density at radius 2 is 2.04 bits per heavy atom. The number of carbonyl (C=O) groups is 1. The molecule has 2 heterocycles. The fourth-order valence-electron chi connectivity index (χ4n) is 2.97. The standard InChI is InChI=1S/C18H14Cl2N2O4/c1-3-22-9(2)13(17-21-6-7-26-17)16(23)14(18(24)25)15(22)10-4-5-11(19)12(20)8-10/h4-8H,3H2,1-2H3,(H,24,25). The molecular weight excluding hydrogens is 379 g/mol. The summed E-state index contributed by atoms with van der Waals surface area (Å²) in [5, 5.41) is 10.3. The smallest absolute Gasteiger partial charge is 0.341 e. The second-order valence-corrected chi connectivity index (χ2v) is 6.34. The Morgan fingerprint density at radius 1 is 1.31 bits per heavy atom. The van der Waals surface area contributed by atoms with Crippen molar-refractivity contribution in [2.75, 3.05) is 0 Å². The highest BCUT2D eigenvalue weighted by Gasteiger charge is 2.27. The van der Waals surface area contributed by atoms with Gasteiger partial charge in [-0.05, 0) is 26.0 Å². The van der Waals surface area contributed by atoms with Gasteiger partial charge in [-0.3, -0.25) is 4.79 Å². The lowest BCUT2D eigenvalue weighted by Crippen LogP contribution is -2.25. The Bertz CT molecular complexity index is 1060. The Morgan fingerprint density at radius 3 is 2.58 bits per heavy atom. The van der Waals surface area contributed by atoms with Gasteiger partial charge in [-0.2, -0.15) is 0 Å². The van der Waals surface area contributed by atoms with Crippen LogP contribution in [0.15, 0.2) is 39.9 Å². The number of hydrogen-bond acceptors (Lipinski definition) is 4. The average molecular weight is 393 g/mol. The van der Waals surface area contributed by atoms with E-state index in [0.717, 1.165) is 0 Å². The van der Waals surface area contributed by atoms with Crippen LogP contribution in [0.1, 0.15) is 23.0 Å². The van der Waals surface area contributed by atoms with E-state index in [2.05, 4.69) is 4.98 Å². The molecule has 0 unspecified atom stereocenters. The SMILES string of the molecule is CCn1c(C)c(-c2ncco2)c(=O)c(C(=O)O)c1-c1ccc(Cl)c(Cl)c1. The molecule has 26 heavy (non-hydrogen) atoms. The molecule has 1 aromatic carbocycles. The fraction of sp³-hybridized carbons (Fsp3) is 0.167. The van der Waals surface area contributed by atoms with Gasteiger partial charge in [0.05, 0.1) is 21.9 Å². The predicted octanol–water partition coefficient (Wildman–Crippen LogP) is 4.50. The molecule has 2 aromatic heterocycles. The number of pyridine rings is 1. The van der Waals surface area contributed by atoms with Gasteiger partial charge in [0.2, 0.25) is 11.3 Å². The molecule has 134 valence electrons. The van der Waals surface area contributed by atoms with Crippen LogP contribution in [0.5, 0.6) is 0 Å². The first kappa shape index (κ1) is 18.2. The molecule has 0 radical (unpaired) electrons. The highest BCUT2D eigenvalue weighted by Crippen LogP contribution is 2.32. The van der Waals surface area contributed by atoms with Crippen molar-refractivity contribution in [1.29, 1.82) is 0 Å². The van der Waals surface area contributed by atoms with Crippen molar-refractivity contribution >= 4 is 29.2 Å². The van der Waals surface area contributed by atoms with Crippen molar-refractivity contribution < 1.29 is 14.3 Å². The first-order valence-corrected chi connectivity index (χ1v) is 8.48. The minimum Gasteiger partial charge on any atom is -0.477 e. The number of rotatable bonds is 4. The fourth-order valence-corrected chi connectivity index (χ4v) is 3.27. The number of benzene rings is 1. The second-order valence-electron chi connectivity index (χ2n) is 5.53. The summed E-state index contributed by atoms with van der Waals surface area (Å²) in [6, 6.07) is 4.74. The van der Waals surface area contributed by atoms with Crippen LogP contribution in [0.3, 0.4) is 0 Å². The zero-order valence-electron chi connectivity index (χ0n) is 13.9. The maximum absolute atomic E-state index is 13.0. The van der Waals surface area contributed by atoms with E-state index in [0.29, 0.717) is 22.8 Å². The van der Waals surface area contributed by atoms with Gasteiger partial charge in [-0.15, -0.1) is 0 Å². The monoisotopic (exact) mass is 392 g/mol. The highest BCUT2D eigenvalue weighted by atomic mass is 35.5. The molecule has 3 aromatic rings. The summed E-state index contributed by atoms with van der Waals surface area (Å²) in [4.78, 5) is 28.9. The number of oxazole rings is 1. The van der Waals surface area contributed by atoms with Crippen LogP contribution in [0.4, 0.5) is 0 Å². The van der Waals surface area contributed by atoms with E-state index in [9.17, 15) is 14.7 Å². The van der Waals surface area contributed by atoms with Crippen LogP contribution in [-0.4, -0.2) is 20.6 Å². The van der Waals surface area contributed by atoms with Gasteiger partial charge in [0.1, 0.15) is 17.4 Å². The Hall–Kier alpha value is -2.57. The third-order valence-corrected chi connectivity index (χ3v) is 4.84. The quantitative estimate of drug-likeness (QED) is 0.705. The molecule has 0 aliphatic heterocycles. The first-order valence-electron chi connectivity index (χ1n) is 7.72. The summed E-state index contributed by atoms with van der Waals surface area (Å²) >= 11 is 12.1. The lowest BCUT2D eigenvalue weighted by atomic mass is 10.00. The van der Waals surface area contributed by atoms with Crippen molar-refractivity contribution in [2.45, 2.75) is 20.4 Å². The van der Waals surface area contributed by atoms with Crippen molar-refractivity contribution in [2.24, 2.45) is 0 Å². The number of aromatic nitrogens is 2. The van der Waals surface area contributed by atoms with Crippen LogP contribution < -0.4 is 5.43 Å². The highest BCUT2D eigenvalue weighted by molar-refractivity contribution is 6.42. The molecule has 0 aliphatic rings. The molecule has 0 saturated carbocycles. The summed E-state index contributed by atoms with van der Waals surface area (Å²) in [5.74, 6) is -1.26. The molecule has 0 amide bonds. The maximum Gasteiger partial charge on any atom is 0.341 e. The average Bonchev–Trinajstić information content (AvgIpc) is 3.10. The molecule has 0 bridgehead atoms. The normalized spacial score (nSPS) is 10.9.